The van der Waals surface area contributed by atoms with Crippen LogP contribution in [0.3, 0.4) is 0 Å². The number of pyridine rings is 1. The van der Waals surface area contributed by atoms with Crippen LogP contribution in [0, 0.1) is 5.92 Å². The van der Waals surface area contributed by atoms with Crippen LogP contribution in [0.5, 0.6) is 16.7 Å². The standard InChI is InChI=1S/C25H21ClN4O4S/c26-20-13-18(33-15-16-3-4-16)5-6-22(20)34-25-30-14-19(35-25)2-1-8-28-23(31)17-7-9-27-21(12-17)24-29-10-11-32-24/h1-2,5-7,9-14,16H,3-4,8,15H2,(H,28,31)/b2-1+. The Morgan fingerprint density at radius 1 is 1.20 bits per heavy atom. The number of benzene rings is 1. The zero-order valence-corrected chi connectivity index (χ0v) is 20.1. The molecule has 0 unspecified atom stereocenters. The minimum atomic E-state index is -0.225. The first-order valence-electron chi connectivity index (χ1n) is 11.0. The highest BCUT2D eigenvalue weighted by atomic mass is 35.5. The van der Waals surface area contributed by atoms with Crippen molar-refractivity contribution in [1.82, 2.24) is 20.3 Å². The molecule has 1 aliphatic carbocycles. The Bertz CT molecular complexity index is 1340. The van der Waals surface area contributed by atoms with Gasteiger partial charge in [-0.15, -0.1) is 0 Å². The van der Waals surface area contributed by atoms with Crippen molar-refractivity contribution in [2.24, 2.45) is 5.92 Å². The lowest BCUT2D eigenvalue weighted by Crippen LogP contribution is -2.23. The second-order valence-corrected chi connectivity index (χ2v) is 9.29. The molecular formula is C25H21ClN4O4S. The van der Waals surface area contributed by atoms with E-state index in [9.17, 15) is 4.79 Å². The molecule has 1 saturated carbocycles. The molecule has 1 fully saturated rings. The molecule has 0 atom stereocenters. The van der Waals surface area contributed by atoms with Crippen LogP contribution in [0.4, 0.5) is 0 Å². The zero-order valence-electron chi connectivity index (χ0n) is 18.5. The highest BCUT2D eigenvalue weighted by Crippen LogP contribution is 2.35. The fourth-order valence-corrected chi connectivity index (χ4v) is 4.03. The Hall–Kier alpha value is -3.69. The zero-order chi connectivity index (χ0) is 24.0. The molecule has 1 aliphatic rings. The first-order chi connectivity index (χ1) is 17.1. The number of ether oxygens (including phenoxy) is 2. The summed E-state index contributed by atoms with van der Waals surface area (Å²) in [4.78, 5) is 25.8. The molecule has 8 nitrogen and oxygen atoms in total. The van der Waals surface area contributed by atoms with Crippen molar-refractivity contribution in [3.05, 3.63) is 76.7 Å². The molecule has 1 N–H and O–H groups in total. The number of amides is 1. The predicted octanol–water partition coefficient (Wildman–Crippen LogP) is 5.87. The molecule has 4 aromatic rings. The van der Waals surface area contributed by atoms with Gasteiger partial charge in [0.2, 0.25) is 5.89 Å². The number of nitrogens with zero attached hydrogens (tertiary/aromatic N) is 3. The Balaban J connectivity index is 1.12. The molecule has 35 heavy (non-hydrogen) atoms. The molecule has 3 heterocycles. The predicted molar refractivity (Wildman–Crippen MR) is 133 cm³/mol. The van der Waals surface area contributed by atoms with Gasteiger partial charge in [0.15, 0.2) is 0 Å². The molecule has 0 bridgehead atoms. The second-order valence-electron chi connectivity index (χ2n) is 7.86. The third-order valence-electron chi connectivity index (χ3n) is 5.12. The maximum absolute atomic E-state index is 12.4. The van der Waals surface area contributed by atoms with E-state index in [1.54, 1.807) is 36.7 Å². The van der Waals surface area contributed by atoms with E-state index in [-0.39, 0.29) is 5.91 Å². The van der Waals surface area contributed by atoms with Crippen molar-refractivity contribution in [1.29, 1.82) is 0 Å². The Kier molecular flexibility index (Phi) is 7.06. The molecule has 1 amide bonds. The van der Waals surface area contributed by atoms with Gasteiger partial charge in [-0.25, -0.2) is 9.97 Å². The summed E-state index contributed by atoms with van der Waals surface area (Å²) in [6.07, 6.45) is 12.4. The number of hydrogen-bond acceptors (Lipinski definition) is 8. The quantitative estimate of drug-likeness (QED) is 0.286. The summed E-state index contributed by atoms with van der Waals surface area (Å²) >= 11 is 7.71. The average Bonchev–Trinajstić information content (AvgIpc) is 3.33. The number of thiazole rings is 1. The highest BCUT2D eigenvalue weighted by Gasteiger charge is 2.22. The summed E-state index contributed by atoms with van der Waals surface area (Å²) in [6, 6.07) is 8.65. The molecule has 0 aliphatic heterocycles. The minimum Gasteiger partial charge on any atom is -0.493 e. The van der Waals surface area contributed by atoms with E-state index in [2.05, 4.69) is 20.3 Å². The monoisotopic (exact) mass is 508 g/mol. The molecular weight excluding hydrogens is 488 g/mol. The van der Waals surface area contributed by atoms with Crippen molar-refractivity contribution in [2.75, 3.05) is 13.2 Å². The van der Waals surface area contributed by atoms with Crippen molar-refractivity contribution in [3.63, 3.8) is 0 Å². The van der Waals surface area contributed by atoms with Gasteiger partial charge in [-0.05, 0) is 49.1 Å². The number of oxazole rings is 1. The normalized spacial score (nSPS) is 13.2. The van der Waals surface area contributed by atoms with Crippen molar-refractivity contribution in [3.8, 4) is 28.3 Å². The maximum atomic E-state index is 12.4. The molecule has 5 rings (SSSR count). The van der Waals surface area contributed by atoms with E-state index in [0.29, 0.717) is 45.6 Å². The number of rotatable bonds is 10. The average molecular weight is 509 g/mol. The largest absolute Gasteiger partial charge is 0.493 e. The third-order valence-corrected chi connectivity index (χ3v) is 6.26. The molecule has 0 radical (unpaired) electrons. The third kappa shape index (κ3) is 6.26. The number of carbonyl (C=O) groups excluding carboxylic acids is 1. The van der Waals surface area contributed by atoms with E-state index in [4.69, 9.17) is 25.5 Å². The lowest BCUT2D eigenvalue weighted by atomic mass is 10.2. The number of halogens is 1. The van der Waals surface area contributed by atoms with Crippen LogP contribution < -0.4 is 14.8 Å². The SMILES string of the molecule is O=C(NC/C=C/c1cnc(Oc2ccc(OCC3CC3)cc2Cl)s1)c1ccnc(-c2ncco2)c1. The Morgan fingerprint density at radius 2 is 2.11 bits per heavy atom. The molecule has 178 valence electrons. The van der Waals surface area contributed by atoms with Crippen molar-refractivity contribution >= 4 is 34.9 Å². The van der Waals surface area contributed by atoms with Gasteiger partial charge < -0.3 is 19.2 Å². The van der Waals surface area contributed by atoms with Crippen LogP contribution in [-0.2, 0) is 0 Å². The van der Waals surface area contributed by atoms with E-state index in [1.807, 2.05) is 18.2 Å². The van der Waals surface area contributed by atoms with E-state index < -0.39 is 0 Å². The molecule has 3 aromatic heterocycles. The summed E-state index contributed by atoms with van der Waals surface area (Å²) in [5, 5.41) is 3.78. The minimum absolute atomic E-state index is 0.225. The second kappa shape index (κ2) is 10.7. The van der Waals surface area contributed by atoms with Gasteiger partial charge in [-0.1, -0.05) is 29.0 Å². The van der Waals surface area contributed by atoms with Gasteiger partial charge in [-0.2, -0.15) is 0 Å². The number of aromatic nitrogens is 3. The first kappa shape index (κ1) is 23.1. The molecule has 0 spiro atoms. The van der Waals surface area contributed by atoms with Gasteiger partial charge in [0.05, 0.1) is 22.7 Å². The van der Waals surface area contributed by atoms with Crippen molar-refractivity contribution < 1.29 is 18.7 Å². The van der Waals surface area contributed by atoms with E-state index in [0.717, 1.165) is 17.2 Å². The lowest BCUT2D eigenvalue weighted by molar-refractivity contribution is 0.0958. The Morgan fingerprint density at radius 3 is 2.91 bits per heavy atom. The number of carbonyl (C=O) groups is 1. The summed E-state index contributed by atoms with van der Waals surface area (Å²) in [6.45, 7) is 1.07. The van der Waals surface area contributed by atoms with Crippen LogP contribution in [0.15, 0.2) is 65.7 Å². The van der Waals surface area contributed by atoms with Gasteiger partial charge in [-0.3, -0.25) is 9.78 Å². The summed E-state index contributed by atoms with van der Waals surface area (Å²) < 4.78 is 16.8. The van der Waals surface area contributed by atoms with E-state index in [1.165, 1.54) is 36.6 Å². The summed E-state index contributed by atoms with van der Waals surface area (Å²) in [7, 11) is 0. The van der Waals surface area contributed by atoms with Crippen LogP contribution in [0.25, 0.3) is 17.7 Å². The van der Waals surface area contributed by atoms with Gasteiger partial charge in [0.25, 0.3) is 11.1 Å². The van der Waals surface area contributed by atoms with Gasteiger partial charge in [0, 0.05) is 30.6 Å². The molecule has 10 heteroatoms. The number of nitrogens with one attached hydrogen (secondary N) is 1. The summed E-state index contributed by atoms with van der Waals surface area (Å²) in [5.41, 5.74) is 0.965. The number of hydrogen-bond donors (Lipinski definition) is 1. The first-order valence-corrected chi connectivity index (χ1v) is 12.2. The van der Waals surface area contributed by atoms with Gasteiger partial charge >= 0.3 is 0 Å². The topological polar surface area (TPSA) is 99.4 Å². The van der Waals surface area contributed by atoms with Crippen LogP contribution in [0.1, 0.15) is 28.1 Å². The fourth-order valence-electron chi connectivity index (χ4n) is 3.11. The van der Waals surface area contributed by atoms with Crippen molar-refractivity contribution in [2.45, 2.75) is 12.8 Å². The van der Waals surface area contributed by atoms with Crippen LogP contribution in [-0.4, -0.2) is 34.0 Å². The highest BCUT2D eigenvalue weighted by molar-refractivity contribution is 7.14. The van der Waals surface area contributed by atoms with Gasteiger partial charge in [0.1, 0.15) is 23.5 Å². The molecule has 0 saturated heterocycles. The van der Waals surface area contributed by atoms with Crippen LogP contribution >= 0.6 is 22.9 Å². The van der Waals surface area contributed by atoms with Crippen LogP contribution in [0.2, 0.25) is 5.02 Å². The lowest BCUT2D eigenvalue weighted by Gasteiger charge is -2.08. The Labute approximate surface area is 210 Å². The molecule has 1 aromatic carbocycles. The maximum Gasteiger partial charge on any atom is 0.279 e. The smallest absolute Gasteiger partial charge is 0.279 e. The fraction of sp³-hybridized carbons (Fsp3) is 0.200. The summed E-state index contributed by atoms with van der Waals surface area (Å²) in [5.74, 6) is 2.07. The van der Waals surface area contributed by atoms with E-state index >= 15 is 0 Å².